The van der Waals surface area contributed by atoms with Gasteiger partial charge in [0, 0.05) is 31.6 Å². The fraction of sp³-hybridized carbons (Fsp3) is 0.300. The predicted molar refractivity (Wildman–Crippen MR) is 106 cm³/mol. The van der Waals surface area contributed by atoms with Crippen LogP contribution in [0.3, 0.4) is 0 Å². The summed E-state index contributed by atoms with van der Waals surface area (Å²) in [6.07, 6.45) is 1.47. The number of anilines is 2. The fourth-order valence-corrected chi connectivity index (χ4v) is 3.15. The SMILES string of the molecule is Nc1c(NCCN2CCOCC2)ncnc1Oc1cccc2ccccc12. The molecule has 2 heterocycles. The topological polar surface area (TPSA) is 85.5 Å². The molecule has 7 nitrogen and oxygen atoms in total. The minimum atomic E-state index is 0.357. The molecule has 1 fully saturated rings. The van der Waals surface area contributed by atoms with Crippen LogP contribution in [0.1, 0.15) is 0 Å². The first-order chi connectivity index (χ1) is 13.3. The molecule has 140 valence electrons. The van der Waals surface area contributed by atoms with E-state index < -0.39 is 0 Å². The molecule has 1 saturated heterocycles. The summed E-state index contributed by atoms with van der Waals surface area (Å²) in [5.41, 5.74) is 6.66. The fourth-order valence-electron chi connectivity index (χ4n) is 3.15. The molecule has 1 aliphatic heterocycles. The van der Waals surface area contributed by atoms with Gasteiger partial charge in [-0.15, -0.1) is 0 Å². The third-order valence-electron chi connectivity index (χ3n) is 4.63. The lowest BCUT2D eigenvalue weighted by Crippen LogP contribution is -2.39. The lowest BCUT2D eigenvalue weighted by atomic mass is 10.1. The second kappa shape index (κ2) is 8.20. The monoisotopic (exact) mass is 365 g/mol. The molecular weight excluding hydrogens is 342 g/mol. The Morgan fingerprint density at radius 1 is 1.07 bits per heavy atom. The van der Waals surface area contributed by atoms with Gasteiger partial charge in [0.2, 0.25) is 5.88 Å². The summed E-state index contributed by atoms with van der Waals surface area (Å²) in [4.78, 5) is 10.8. The lowest BCUT2D eigenvalue weighted by Gasteiger charge is -2.26. The molecule has 0 aliphatic carbocycles. The van der Waals surface area contributed by atoms with Gasteiger partial charge in [-0.3, -0.25) is 4.90 Å². The molecule has 0 spiro atoms. The first kappa shape index (κ1) is 17.5. The van der Waals surface area contributed by atoms with Crippen molar-refractivity contribution in [1.82, 2.24) is 14.9 Å². The standard InChI is InChI=1S/C20H23N5O2/c21-18-19(22-8-9-25-10-12-26-13-11-25)23-14-24-20(18)27-17-7-3-5-15-4-1-2-6-16(15)17/h1-7,14H,8-13,21H2,(H,22,23,24). The molecule has 1 aliphatic rings. The zero-order valence-electron chi connectivity index (χ0n) is 15.1. The summed E-state index contributed by atoms with van der Waals surface area (Å²) < 4.78 is 11.4. The molecule has 3 N–H and O–H groups in total. The number of morpholine rings is 1. The summed E-state index contributed by atoms with van der Waals surface area (Å²) in [6, 6.07) is 14.0. The number of nitrogens with zero attached hydrogens (tertiary/aromatic N) is 3. The normalized spacial score (nSPS) is 15.0. The molecule has 0 unspecified atom stereocenters. The van der Waals surface area contributed by atoms with Crippen LogP contribution in [0.25, 0.3) is 10.8 Å². The van der Waals surface area contributed by atoms with Crippen LogP contribution in [0, 0.1) is 0 Å². The maximum absolute atomic E-state index is 6.25. The average Bonchev–Trinajstić information content (AvgIpc) is 2.72. The van der Waals surface area contributed by atoms with Crippen molar-refractivity contribution in [2.75, 3.05) is 50.4 Å². The van der Waals surface area contributed by atoms with Crippen LogP contribution in [0.4, 0.5) is 11.5 Å². The van der Waals surface area contributed by atoms with Gasteiger partial charge in [-0.2, -0.15) is 4.98 Å². The molecule has 0 atom stereocenters. The van der Waals surface area contributed by atoms with Gasteiger partial charge in [0.15, 0.2) is 5.82 Å². The zero-order valence-corrected chi connectivity index (χ0v) is 15.1. The highest BCUT2D eigenvalue weighted by Crippen LogP contribution is 2.33. The van der Waals surface area contributed by atoms with E-state index in [0.29, 0.717) is 17.4 Å². The average molecular weight is 365 g/mol. The molecule has 2 aromatic carbocycles. The van der Waals surface area contributed by atoms with Crippen LogP contribution in [-0.2, 0) is 4.74 Å². The molecule has 0 saturated carbocycles. The Morgan fingerprint density at radius 2 is 1.89 bits per heavy atom. The van der Waals surface area contributed by atoms with Gasteiger partial charge < -0.3 is 20.5 Å². The van der Waals surface area contributed by atoms with Crippen molar-refractivity contribution in [3.8, 4) is 11.6 Å². The molecule has 1 aromatic heterocycles. The number of aromatic nitrogens is 2. The summed E-state index contributed by atoms with van der Waals surface area (Å²) in [5, 5.41) is 5.40. The third-order valence-corrected chi connectivity index (χ3v) is 4.63. The van der Waals surface area contributed by atoms with Gasteiger partial charge >= 0.3 is 0 Å². The number of hydrogen-bond donors (Lipinski definition) is 2. The highest BCUT2D eigenvalue weighted by atomic mass is 16.5. The van der Waals surface area contributed by atoms with Gasteiger partial charge in [-0.25, -0.2) is 4.98 Å². The Hall–Kier alpha value is -2.90. The molecular formula is C20H23N5O2. The summed E-state index contributed by atoms with van der Waals surface area (Å²) in [6.45, 7) is 5.14. The van der Waals surface area contributed by atoms with Crippen molar-refractivity contribution in [2.45, 2.75) is 0 Å². The van der Waals surface area contributed by atoms with Gasteiger partial charge in [-0.1, -0.05) is 36.4 Å². The molecule has 4 rings (SSSR count). The number of fused-ring (bicyclic) bond motifs is 1. The largest absolute Gasteiger partial charge is 0.436 e. The van der Waals surface area contributed by atoms with E-state index in [1.165, 1.54) is 6.33 Å². The van der Waals surface area contributed by atoms with Crippen molar-refractivity contribution < 1.29 is 9.47 Å². The number of nitrogen functional groups attached to an aromatic ring is 1. The molecule has 0 bridgehead atoms. The quantitative estimate of drug-likeness (QED) is 0.695. The number of ether oxygens (including phenoxy) is 2. The van der Waals surface area contributed by atoms with Crippen LogP contribution in [-0.4, -0.2) is 54.3 Å². The summed E-state index contributed by atoms with van der Waals surface area (Å²) in [7, 11) is 0. The molecule has 7 heteroatoms. The van der Waals surface area contributed by atoms with E-state index in [4.69, 9.17) is 15.2 Å². The number of hydrogen-bond acceptors (Lipinski definition) is 7. The second-order valence-electron chi connectivity index (χ2n) is 6.40. The van der Waals surface area contributed by atoms with E-state index in [9.17, 15) is 0 Å². The van der Waals surface area contributed by atoms with Crippen molar-refractivity contribution in [1.29, 1.82) is 0 Å². The van der Waals surface area contributed by atoms with Crippen molar-refractivity contribution in [3.05, 3.63) is 48.8 Å². The molecule has 27 heavy (non-hydrogen) atoms. The van der Waals surface area contributed by atoms with Crippen LogP contribution in [0.5, 0.6) is 11.6 Å². The highest BCUT2D eigenvalue weighted by molar-refractivity contribution is 5.88. The van der Waals surface area contributed by atoms with Crippen molar-refractivity contribution >= 4 is 22.3 Å². The van der Waals surface area contributed by atoms with E-state index in [0.717, 1.165) is 55.9 Å². The number of benzene rings is 2. The van der Waals surface area contributed by atoms with Crippen LogP contribution >= 0.6 is 0 Å². The smallest absolute Gasteiger partial charge is 0.248 e. The van der Waals surface area contributed by atoms with Crippen LogP contribution in [0.2, 0.25) is 0 Å². The van der Waals surface area contributed by atoms with Gasteiger partial charge in [0.25, 0.3) is 0 Å². The molecule has 0 amide bonds. The Bertz CT molecular complexity index is 907. The Labute approximate surface area is 158 Å². The van der Waals surface area contributed by atoms with E-state index in [2.05, 4.69) is 20.2 Å². The zero-order chi connectivity index (χ0) is 18.5. The number of rotatable bonds is 6. The minimum Gasteiger partial charge on any atom is -0.436 e. The maximum Gasteiger partial charge on any atom is 0.248 e. The Kier molecular flexibility index (Phi) is 5.32. The number of nitrogens with two attached hydrogens (primary N) is 1. The first-order valence-electron chi connectivity index (χ1n) is 9.11. The Balaban J connectivity index is 1.46. The summed E-state index contributed by atoms with van der Waals surface area (Å²) in [5.74, 6) is 1.67. The van der Waals surface area contributed by atoms with Crippen molar-refractivity contribution in [2.24, 2.45) is 0 Å². The Morgan fingerprint density at radius 3 is 2.78 bits per heavy atom. The minimum absolute atomic E-state index is 0.357. The van der Waals surface area contributed by atoms with Crippen molar-refractivity contribution in [3.63, 3.8) is 0 Å². The van der Waals surface area contributed by atoms with E-state index in [-0.39, 0.29) is 0 Å². The van der Waals surface area contributed by atoms with Crippen LogP contribution in [0.15, 0.2) is 48.8 Å². The maximum atomic E-state index is 6.25. The third kappa shape index (κ3) is 4.10. The van der Waals surface area contributed by atoms with E-state index in [1.807, 2.05) is 42.5 Å². The summed E-state index contributed by atoms with van der Waals surface area (Å²) >= 11 is 0. The lowest BCUT2D eigenvalue weighted by molar-refractivity contribution is 0.0398. The highest BCUT2D eigenvalue weighted by Gasteiger charge is 2.13. The van der Waals surface area contributed by atoms with Crippen LogP contribution < -0.4 is 15.8 Å². The predicted octanol–water partition coefficient (Wildman–Crippen LogP) is 2.75. The molecule has 3 aromatic rings. The second-order valence-corrected chi connectivity index (χ2v) is 6.40. The molecule has 0 radical (unpaired) electrons. The van der Waals surface area contributed by atoms with E-state index >= 15 is 0 Å². The van der Waals surface area contributed by atoms with Gasteiger partial charge in [0.05, 0.1) is 13.2 Å². The van der Waals surface area contributed by atoms with Gasteiger partial charge in [0.1, 0.15) is 17.8 Å². The van der Waals surface area contributed by atoms with E-state index in [1.54, 1.807) is 0 Å². The number of nitrogens with one attached hydrogen (secondary N) is 1. The first-order valence-corrected chi connectivity index (χ1v) is 9.11. The van der Waals surface area contributed by atoms with Gasteiger partial charge in [-0.05, 0) is 11.5 Å².